The molecular formula is C21H23N5O2. The fourth-order valence-electron chi connectivity index (χ4n) is 3.73. The molecule has 0 spiro atoms. The summed E-state index contributed by atoms with van der Waals surface area (Å²) in [5, 5.41) is 12.3. The molecule has 1 atom stereocenters. The number of pyridine rings is 1. The zero-order chi connectivity index (χ0) is 19.5. The zero-order valence-electron chi connectivity index (χ0n) is 15.8. The molecule has 0 radical (unpaired) electrons. The highest BCUT2D eigenvalue weighted by Crippen LogP contribution is 2.26. The average Bonchev–Trinajstić information content (AvgIpc) is 3.27. The molecule has 1 amide bonds. The Kier molecular flexibility index (Phi) is 5.14. The molecule has 4 rings (SSSR count). The van der Waals surface area contributed by atoms with Crippen LogP contribution < -0.4 is 10.9 Å². The number of aromatic amines is 1. The summed E-state index contributed by atoms with van der Waals surface area (Å²) < 4.78 is 0. The number of carbonyl (C=O) groups is 1. The van der Waals surface area contributed by atoms with Crippen LogP contribution in [0, 0.1) is 5.92 Å². The molecule has 0 aliphatic heterocycles. The highest BCUT2D eigenvalue weighted by molar-refractivity contribution is 5.80. The molecular weight excluding hydrogens is 354 g/mol. The number of nitrogens with zero attached hydrogens (tertiary/aromatic N) is 3. The van der Waals surface area contributed by atoms with E-state index in [2.05, 4.69) is 25.5 Å². The Hall–Kier alpha value is -3.09. The lowest BCUT2D eigenvalue weighted by atomic mass is 10.1. The molecule has 3 aromatic rings. The summed E-state index contributed by atoms with van der Waals surface area (Å²) in [4.78, 5) is 32.4. The van der Waals surface area contributed by atoms with Gasteiger partial charge in [0.15, 0.2) is 11.5 Å². The van der Waals surface area contributed by atoms with E-state index >= 15 is 0 Å². The molecule has 0 bridgehead atoms. The largest absolute Gasteiger partial charge is 0.347 e. The highest BCUT2D eigenvalue weighted by atomic mass is 16.2. The van der Waals surface area contributed by atoms with E-state index in [1.165, 1.54) is 0 Å². The predicted octanol–water partition coefficient (Wildman–Crippen LogP) is 3.14. The van der Waals surface area contributed by atoms with E-state index in [1.807, 2.05) is 37.3 Å². The van der Waals surface area contributed by atoms with Crippen LogP contribution in [0.5, 0.6) is 0 Å². The smallest absolute Gasteiger partial charge is 0.275 e. The molecule has 1 aliphatic rings. The van der Waals surface area contributed by atoms with Crippen molar-refractivity contribution in [3.05, 3.63) is 52.4 Å². The number of hydrogen-bond acceptors (Lipinski definition) is 5. The summed E-state index contributed by atoms with van der Waals surface area (Å²) in [5.74, 6) is 0.365. The van der Waals surface area contributed by atoms with Crippen LogP contribution in [0.3, 0.4) is 0 Å². The van der Waals surface area contributed by atoms with E-state index in [1.54, 1.807) is 6.07 Å². The lowest BCUT2D eigenvalue weighted by molar-refractivity contribution is -0.125. The second-order valence-corrected chi connectivity index (χ2v) is 7.23. The molecule has 7 nitrogen and oxygen atoms in total. The van der Waals surface area contributed by atoms with Crippen LogP contribution in [0.4, 0.5) is 0 Å². The number of benzene rings is 1. The Labute approximate surface area is 162 Å². The Morgan fingerprint density at radius 3 is 2.71 bits per heavy atom. The first-order valence-electron chi connectivity index (χ1n) is 9.79. The fraction of sp³-hybridized carbons (Fsp3) is 0.381. The van der Waals surface area contributed by atoms with Crippen molar-refractivity contribution in [2.75, 3.05) is 0 Å². The van der Waals surface area contributed by atoms with E-state index in [9.17, 15) is 9.59 Å². The Morgan fingerprint density at radius 1 is 1.18 bits per heavy atom. The maximum absolute atomic E-state index is 12.6. The van der Waals surface area contributed by atoms with E-state index in [-0.39, 0.29) is 23.1 Å². The molecule has 7 heteroatoms. The fourth-order valence-corrected chi connectivity index (χ4v) is 3.73. The number of carbonyl (C=O) groups excluding carboxylic acids is 1. The first kappa shape index (κ1) is 18.3. The monoisotopic (exact) mass is 377 g/mol. The van der Waals surface area contributed by atoms with Crippen LogP contribution in [0.2, 0.25) is 0 Å². The molecule has 28 heavy (non-hydrogen) atoms. The lowest BCUT2D eigenvalue weighted by Gasteiger charge is -2.18. The van der Waals surface area contributed by atoms with Crippen molar-refractivity contribution in [1.82, 2.24) is 25.5 Å². The van der Waals surface area contributed by atoms with Crippen LogP contribution in [-0.4, -0.2) is 26.1 Å². The van der Waals surface area contributed by atoms with Crippen molar-refractivity contribution >= 4 is 16.8 Å². The number of rotatable bonds is 5. The van der Waals surface area contributed by atoms with Gasteiger partial charge in [-0.25, -0.2) is 4.98 Å². The van der Waals surface area contributed by atoms with E-state index in [0.717, 1.165) is 36.6 Å². The summed E-state index contributed by atoms with van der Waals surface area (Å²) >= 11 is 0. The van der Waals surface area contributed by atoms with Crippen molar-refractivity contribution in [1.29, 1.82) is 0 Å². The number of H-pyrrole nitrogens is 1. The van der Waals surface area contributed by atoms with Crippen molar-refractivity contribution in [3.8, 4) is 11.5 Å². The minimum atomic E-state index is -0.442. The number of nitrogens with one attached hydrogen (secondary N) is 2. The van der Waals surface area contributed by atoms with Gasteiger partial charge in [-0.3, -0.25) is 9.59 Å². The standard InChI is InChI=1S/C21H23N5O2/c1-2-15(23-20(27)14-8-3-4-9-14)18-21(28)24-19(26-25-18)17-12-11-13-7-5-6-10-16(13)22-17/h5-7,10-12,14-15H,2-4,8-9H2,1H3,(H,23,27)(H,24,26,28). The van der Waals surface area contributed by atoms with Gasteiger partial charge in [0.1, 0.15) is 5.69 Å². The second-order valence-electron chi connectivity index (χ2n) is 7.23. The van der Waals surface area contributed by atoms with Gasteiger partial charge in [0.25, 0.3) is 5.56 Å². The van der Waals surface area contributed by atoms with E-state index < -0.39 is 6.04 Å². The van der Waals surface area contributed by atoms with Gasteiger partial charge in [0, 0.05) is 11.3 Å². The Morgan fingerprint density at radius 2 is 1.96 bits per heavy atom. The van der Waals surface area contributed by atoms with Crippen molar-refractivity contribution in [2.24, 2.45) is 5.92 Å². The average molecular weight is 377 g/mol. The summed E-state index contributed by atoms with van der Waals surface area (Å²) in [6.07, 6.45) is 4.57. The normalized spacial score (nSPS) is 15.6. The zero-order valence-corrected chi connectivity index (χ0v) is 15.8. The molecule has 2 aromatic heterocycles. The highest BCUT2D eigenvalue weighted by Gasteiger charge is 2.26. The quantitative estimate of drug-likeness (QED) is 0.711. The molecule has 1 fully saturated rings. The van der Waals surface area contributed by atoms with Gasteiger partial charge in [0.2, 0.25) is 5.91 Å². The van der Waals surface area contributed by atoms with Crippen LogP contribution in [-0.2, 0) is 4.79 Å². The molecule has 1 aromatic carbocycles. The summed E-state index contributed by atoms with van der Waals surface area (Å²) in [7, 11) is 0. The number of hydrogen-bond donors (Lipinski definition) is 2. The van der Waals surface area contributed by atoms with Gasteiger partial charge in [0.05, 0.1) is 11.6 Å². The van der Waals surface area contributed by atoms with Crippen LogP contribution in [0.1, 0.15) is 50.8 Å². The first-order chi connectivity index (χ1) is 13.7. The topological polar surface area (TPSA) is 101 Å². The minimum Gasteiger partial charge on any atom is -0.347 e. The molecule has 144 valence electrons. The first-order valence-corrected chi connectivity index (χ1v) is 9.79. The van der Waals surface area contributed by atoms with Gasteiger partial charge in [-0.1, -0.05) is 44.0 Å². The third kappa shape index (κ3) is 3.65. The van der Waals surface area contributed by atoms with Crippen molar-refractivity contribution in [2.45, 2.75) is 45.1 Å². The summed E-state index contributed by atoms with van der Waals surface area (Å²) in [6.45, 7) is 1.92. The van der Waals surface area contributed by atoms with Gasteiger partial charge in [-0.2, -0.15) is 0 Å². The molecule has 2 heterocycles. The van der Waals surface area contributed by atoms with Crippen LogP contribution >= 0.6 is 0 Å². The van der Waals surface area contributed by atoms with Gasteiger partial charge >= 0.3 is 0 Å². The molecule has 1 aliphatic carbocycles. The maximum Gasteiger partial charge on any atom is 0.275 e. The predicted molar refractivity (Wildman–Crippen MR) is 107 cm³/mol. The molecule has 0 saturated heterocycles. The maximum atomic E-state index is 12.6. The van der Waals surface area contributed by atoms with Crippen LogP contribution in [0.25, 0.3) is 22.4 Å². The van der Waals surface area contributed by atoms with Gasteiger partial charge in [-0.05, 0) is 31.4 Å². The third-order valence-corrected chi connectivity index (χ3v) is 5.34. The van der Waals surface area contributed by atoms with E-state index in [4.69, 9.17) is 0 Å². The SMILES string of the molecule is CCC(NC(=O)C1CCCC1)c1nnc(-c2ccc3ccccc3n2)[nH]c1=O. The number of aromatic nitrogens is 4. The Balaban J connectivity index is 1.58. The molecule has 2 N–H and O–H groups in total. The summed E-state index contributed by atoms with van der Waals surface area (Å²) in [5.41, 5.74) is 1.26. The number of para-hydroxylation sites is 1. The second kappa shape index (κ2) is 7.88. The minimum absolute atomic E-state index is 0.00539. The van der Waals surface area contributed by atoms with E-state index in [0.29, 0.717) is 17.9 Å². The third-order valence-electron chi connectivity index (χ3n) is 5.34. The Bertz CT molecular complexity index is 1060. The number of amides is 1. The molecule has 1 unspecified atom stereocenters. The van der Waals surface area contributed by atoms with Crippen molar-refractivity contribution < 1.29 is 4.79 Å². The lowest BCUT2D eigenvalue weighted by Crippen LogP contribution is -2.36. The van der Waals surface area contributed by atoms with Gasteiger partial charge < -0.3 is 10.3 Å². The van der Waals surface area contributed by atoms with Crippen molar-refractivity contribution in [3.63, 3.8) is 0 Å². The number of fused-ring (bicyclic) bond motifs is 1. The molecule has 1 saturated carbocycles. The van der Waals surface area contributed by atoms with Crippen LogP contribution in [0.15, 0.2) is 41.2 Å². The van der Waals surface area contributed by atoms with Gasteiger partial charge in [-0.15, -0.1) is 10.2 Å². The summed E-state index contributed by atoms with van der Waals surface area (Å²) in [6, 6.07) is 11.0.